The van der Waals surface area contributed by atoms with Gasteiger partial charge in [0, 0.05) is 18.8 Å². The monoisotopic (exact) mass is 279 g/mol. The maximum absolute atomic E-state index is 11.1. The molecule has 0 radical (unpaired) electrons. The lowest BCUT2D eigenvalue weighted by Gasteiger charge is -2.06. The standard InChI is InChI=1S/C12H13N3O3S/c1-14-9-2-4-10(5-3-9)18-12-7-6-11(8-15-12)19(13,16)17/h2-8,14H,1H3,(H2,13,16,17). The molecule has 3 N–H and O–H groups in total. The van der Waals surface area contributed by atoms with E-state index in [0.717, 1.165) is 11.9 Å². The van der Waals surface area contributed by atoms with Crippen LogP contribution in [0.25, 0.3) is 0 Å². The first-order chi connectivity index (χ1) is 8.99. The summed E-state index contributed by atoms with van der Waals surface area (Å²) in [6, 6.07) is 10.1. The van der Waals surface area contributed by atoms with Crippen molar-refractivity contribution in [3.05, 3.63) is 42.6 Å². The van der Waals surface area contributed by atoms with Crippen LogP contribution in [0.5, 0.6) is 11.6 Å². The van der Waals surface area contributed by atoms with Crippen molar-refractivity contribution >= 4 is 15.7 Å². The van der Waals surface area contributed by atoms with Crippen molar-refractivity contribution in [3.8, 4) is 11.6 Å². The Hall–Kier alpha value is -2.12. The van der Waals surface area contributed by atoms with E-state index in [1.165, 1.54) is 12.1 Å². The lowest BCUT2D eigenvalue weighted by molar-refractivity contribution is 0.462. The zero-order valence-corrected chi connectivity index (χ0v) is 11.0. The molecule has 0 saturated carbocycles. The molecule has 6 nitrogen and oxygen atoms in total. The number of anilines is 1. The van der Waals surface area contributed by atoms with E-state index < -0.39 is 10.0 Å². The van der Waals surface area contributed by atoms with Crippen LogP contribution in [-0.4, -0.2) is 20.4 Å². The van der Waals surface area contributed by atoms with Crippen LogP contribution in [0.2, 0.25) is 0 Å². The van der Waals surface area contributed by atoms with Gasteiger partial charge in [-0.25, -0.2) is 18.5 Å². The third-order valence-corrected chi connectivity index (χ3v) is 3.30. The van der Waals surface area contributed by atoms with Crippen molar-refractivity contribution in [1.29, 1.82) is 0 Å². The second kappa shape index (κ2) is 5.25. The minimum absolute atomic E-state index is 0.0506. The molecule has 0 aliphatic rings. The Morgan fingerprint density at radius 3 is 2.32 bits per heavy atom. The maximum atomic E-state index is 11.1. The molecule has 0 unspecified atom stereocenters. The topological polar surface area (TPSA) is 94.3 Å². The zero-order valence-electron chi connectivity index (χ0n) is 10.2. The van der Waals surface area contributed by atoms with Crippen molar-refractivity contribution in [2.45, 2.75) is 4.90 Å². The highest BCUT2D eigenvalue weighted by Crippen LogP contribution is 2.21. The Morgan fingerprint density at radius 2 is 1.84 bits per heavy atom. The molecule has 0 fully saturated rings. The average Bonchev–Trinajstić information content (AvgIpc) is 2.39. The number of nitrogens with two attached hydrogens (primary N) is 1. The summed E-state index contributed by atoms with van der Waals surface area (Å²) < 4.78 is 27.6. The minimum Gasteiger partial charge on any atom is -0.439 e. The first-order valence-electron chi connectivity index (χ1n) is 5.43. The molecule has 2 aromatic rings. The number of ether oxygens (including phenoxy) is 1. The van der Waals surface area contributed by atoms with E-state index in [2.05, 4.69) is 10.3 Å². The highest BCUT2D eigenvalue weighted by molar-refractivity contribution is 7.89. The Bertz CT molecular complexity index is 652. The number of sulfonamides is 1. The van der Waals surface area contributed by atoms with Gasteiger partial charge in [-0.1, -0.05) is 0 Å². The van der Waals surface area contributed by atoms with Gasteiger partial charge in [-0.15, -0.1) is 0 Å². The molecule has 100 valence electrons. The second-order valence-corrected chi connectivity index (χ2v) is 5.32. The molecule has 0 spiro atoms. The van der Waals surface area contributed by atoms with Crippen LogP contribution >= 0.6 is 0 Å². The highest BCUT2D eigenvalue weighted by atomic mass is 32.2. The van der Waals surface area contributed by atoms with Gasteiger partial charge in [0.25, 0.3) is 0 Å². The molecule has 0 bridgehead atoms. The van der Waals surface area contributed by atoms with E-state index in [0.29, 0.717) is 11.6 Å². The number of hydrogen-bond acceptors (Lipinski definition) is 5. The van der Waals surface area contributed by atoms with E-state index >= 15 is 0 Å². The number of hydrogen-bond donors (Lipinski definition) is 2. The third-order valence-electron chi connectivity index (χ3n) is 2.40. The fourth-order valence-corrected chi connectivity index (χ4v) is 1.86. The van der Waals surface area contributed by atoms with Gasteiger partial charge >= 0.3 is 0 Å². The summed E-state index contributed by atoms with van der Waals surface area (Å²) in [6.07, 6.45) is 1.16. The van der Waals surface area contributed by atoms with E-state index in [1.54, 1.807) is 12.1 Å². The van der Waals surface area contributed by atoms with Crippen molar-refractivity contribution in [3.63, 3.8) is 0 Å². The lowest BCUT2D eigenvalue weighted by Crippen LogP contribution is -2.12. The Labute approximate surface area is 111 Å². The van der Waals surface area contributed by atoms with Gasteiger partial charge in [-0.2, -0.15) is 0 Å². The van der Waals surface area contributed by atoms with E-state index in [1.807, 2.05) is 19.2 Å². The van der Waals surface area contributed by atoms with Crippen LogP contribution in [0.1, 0.15) is 0 Å². The number of nitrogens with one attached hydrogen (secondary N) is 1. The third kappa shape index (κ3) is 3.43. The summed E-state index contributed by atoms with van der Waals surface area (Å²) in [7, 11) is -1.90. The molecular weight excluding hydrogens is 266 g/mol. The summed E-state index contributed by atoms with van der Waals surface area (Å²) in [4.78, 5) is 3.84. The number of benzene rings is 1. The molecule has 0 amide bonds. The van der Waals surface area contributed by atoms with Crippen LogP contribution in [-0.2, 0) is 10.0 Å². The van der Waals surface area contributed by atoms with Gasteiger partial charge < -0.3 is 10.1 Å². The molecule has 0 aliphatic carbocycles. The van der Waals surface area contributed by atoms with Crippen molar-refractivity contribution in [2.24, 2.45) is 5.14 Å². The zero-order chi connectivity index (χ0) is 13.9. The summed E-state index contributed by atoms with van der Waals surface area (Å²) >= 11 is 0. The first kappa shape index (κ1) is 13.3. The molecule has 1 aromatic heterocycles. The molecule has 0 aliphatic heterocycles. The van der Waals surface area contributed by atoms with Gasteiger partial charge in [0.1, 0.15) is 10.6 Å². The van der Waals surface area contributed by atoms with E-state index in [-0.39, 0.29) is 4.90 Å². The van der Waals surface area contributed by atoms with Gasteiger partial charge in [0.05, 0.1) is 6.20 Å². The average molecular weight is 279 g/mol. The highest BCUT2D eigenvalue weighted by Gasteiger charge is 2.08. The summed E-state index contributed by atoms with van der Waals surface area (Å²) in [5, 5.41) is 7.97. The van der Waals surface area contributed by atoms with E-state index in [4.69, 9.17) is 9.88 Å². The number of primary sulfonamides is 1. The van der Waals surface area contributed by atoms with Crippen molar-refractivity contribution in [1.82, 2.24) is 4.98 Å². The van der Waals surface area contributed by atoms with Gasteiger partial charge in [-0.05, 0) is 30.3 Å². The fraction of sp³-hybridized carbons (Fsp3) is 0.0833. The molecule has 1 aromatic carbocycles. The molecule has 19 heavy (non-hydrogen) atoms. The van der Waals surface area contributed by atoms with E-state index in [9.17, 15) is 8.42 Å². The summed E-state index contributed by atoms with van der Waals surface area (Å²) in [6.45, 7) is 0. The van der Waals surface area contributed by atoms with Crippen molar-refractivity contribution in [2.75, 3.05) is 12.4 Å². The predicted octanol–water partition coefficient (Wildman–Crippen LogP) is 1.56. The maximum Gasteiger partial charge on any atom is 0.239 e. The normalized spacial score (nSPS) is 11.1. The molecule has 7 heteroatoms. The van der Waals surface area contributed by atoms with Gasteiger partial charge in [0.2, 0.25) is 15.9 Å². The second-order valence-electron chi connectivity index (χ2n) is 3.75. The molecule has 0 saturated heterocycles. The molecule has 0 atom stereocenters. The number of nitrogens with zero attached hydrogens (tertiary/aromatic N) is 1. The fourth-order valence-electron chi connectivity index (χ4n) is 1.41. The quantitative estimate of drug-likeness (QED) is 0.885. The van der Waals surface area contributed by atoms with Crippen molar-refractivity contribution < 1.29 is 13.2 Å². The Balaban J connectivity index is 2.15. The summed E-state index contributed by atoms with van der Waals surface area (Å²) in [5.74, 6) is 0.902. The van der Waals surface area contributed by atoms with Crippen LogP contribution in [0.15, 0.2) is 47.5 Å². The summed E-state index contributed by atoms with van der Waals surface area (Å²) in [5.41, 5.74) is 0.963. The predicted molar refractivity (Wildman–Crippen MR) is 71.7 cm³/mol. The number of pyridine rings is 1. The lowest BCUT2D eigenvalue weighted by atomic mass is 10.3. The van der Waals surface area contributed by atoms with Crippen LogP contribution in [0.4, 0.5) is 5.69 Å². The Morgan fingerprint density at radius 1 is 1.16 bits per heavy atom. The molecule has 2 rings (SSSR count). The SMILES string of the molecule is CNc1ccc(Oc2ccc(S(N)(=O)=O)cn2)cc1. The Kier molecular flexibility index (Phi) is 3.68. The first-order valence-corrected chi connectivity index (χ1v) is 6.98. The van der Waals surface area contributed by atoms with Crippen LogP contribution in [0, 0.1) is 0 Å². The van der Waals surface area contributed by atoms with Crippen LogP contribution in [0.3, 0.4) is 0 Å². The number of aromatic nitrogens is 1. The largest absolute Gasteiger partial charge is 0.439 e. The molecule has 1 heterocycles. The molecular formula is C12H13N3O3S. The smallest absolute Gasteiger partial charge is 0.239 e. The van der Waals surface area contributed by atoms with Gasteiger partial charge in [-0.3, -0.25) is 0 Å². The van der Waals surface area contributed by atoms with Gasteiger partial charge in [0.15, 0.2) is 0 Å². The number of rotatable bonds is 4. The van der Waals surface area contributed by atoms with Crippen LogP contribution < -0.4 is 15.2 Å². The minimum atomic E-state index is -3.73.